The first-order valence-electron chi connectivity index (χ1n) is 8.91. The summed E-state index contributed by atoms with van der Waals surface area (Å²) in [4.78, 5) is 10.6. The summed E-state index contributed by atoms with van der Waals surface area (Å²) in [6.07, 6.45) is 1.44. The second-order valence-corrected chi connectivity index (χ2v) is 9.07. The van der Waals surface area contributed by atoms with Gasteiger partial charge in [0.15, 0.2) is 0 Å². The number of benzene rings is 2. The first kappa shape index (κ1) is 18.3. The number of anilines is 1. The highest BCUT2D eigenvalue weighted by Crippen LogP contribution is 2.28. The highest BCUT2D eigenvalue weighted by Gasteiger charge is 2.31. The summed E-state index contributed by atoms with van der Waals surface area (Å²) < 4.78 is 49.8. The maximum Gasteiger partial charge on any atom is 0.245 e. The number of fused-ring (bicyclic) bond motifs is 2. The Balaban J connectivity index is 1.42. The average Bonchev–Trinajstić information content (AvgIpc) is 3.22. The van der Waals surface area contributed by atoms with Crippen LogP contribution in [0.15, 0.2) is 47.6 Å². The molecule has 11 heteroatoms. The lowest BCUT2D eigenvalue weighted by Crippen LogP contribution is -2.49. The molecular formula is C18H15FN6O2S2. The predicted octanol–water partition coefficient (Wildman–Crippen LogP) is 2.28. The van der Waals surface area contributed by atoms with Crippen LogP contribution in [-0.4, -0.2) is 57.6 Å². The SMILES string of the molecule is O=S(=O)(c1cccc2nsnc12)N1CCN(c2ncnc3ccc(F)cc23)CC1. The molecule has 4 aromatic rings. The van der Waals surface area contributed by atoms with E-state index < -0.39 is 10.0 Å². The lowest BCUT2D eigenvalue weighted by Gasteiger charge is -2.35. The molecule has 0 atom stereocenters. The zero-order chi connectivity index (χ0) is 20.0. The fraction of sp³-hybridized carbons (Fsp3) is 0.222. The van der Waals surface area contributed by atoms with Gasteiger partial charge in [-0.05, 0) is 30.3 Å². The second kappa shape index (κ2) is 6.94. The third-order valence-electron chi connectivity index (χ3n) is 4.98. The van der Waals surface area contributed by atoms with Gasteiger partial charge in [0.05, 0.1) is 17.2 Å². The molecule has 0 spiro atoms. The third kappa shape index (κ3) is 3.11. The summed E-state index contributed by atoms with van der Waals surface area (Å²) >= 11 is 0.994. The van der Waals surface area contributed by atoms with Crippen molar-refractivity contribution in [1.29, 1.82) is 0 Å². The molecule has 0 amide bonds. The molecule has 5 rings (SSSR count). The minimum atomic E-state index is -3.70. The molecule has 0 aliphatic carbocycles. The van der Waals surface area contributed by atoms with Crippen LogP contribution in [0, 0.1) is 5.82 Å². The van der Waals surface area contributed by atoms with Gasteiger partial charge in [0.1, 0.15) is 33.9 Å². The van der Waals surface area contributed by atoms with Crippen LogP contribution in [0.4, 0.5) is 10.2 Å². The standard InChI is InChI=1S/C18H15FN6O2S2/c19-12-4-5-14-13(10-12)18(21-11-20-14)24-6-8-25(9-7-24)29(26,27)16-3-1-2-15-17(16)23-28-22-15/h1-5,10-11H,6-9H2. The van der Waals surface area contributed by atoms with Crippen LogP contribution in [0.1, 0.15) is 0 Å². The van der Waals surface area contributed by atoms with Gasteiger partial charge in [-0.25, -0.2) is 22.8 Å². The van der Waals surface area contributed by atoms with Crippen molar-refractivity contribution in [2.24, 2.45) is 0 Å². The summed E-state index contributed by atoms with van der Waals surface area (Å²) in [5.74, 6) is 0.247. The lowest BCUT2D eigenvalue weighted by atomic mass is 10.2. The minimum absolute atomic E-state index is 0.173. The van der Waals surface area contributed by atoms with Crippen LogP contribution >= 0.6 is 11.7 Å². The highest BCUT2D eigenvalue weighted by molar-refractivity contribution is 7.89. The van der Waals surface area contributed by atoms with Crippen LogP contribution in [0.2, 0.25) is 0 Å². The molecule has 8 nitrogen and oxygen atoms in total. The van der Waals surface area contributed by atoms with E-state index in [1.165, 1.54) is 22.8 Å². The van der Waals surface area contributed by atoms with Crippen molar-refractivity contribution in [3.8, 4) is 0 Å². The number of halogens is 1. The normalized spacial score (nSPS) is 16.0. The van der Waals surface area contributed by atoms with E-state index in [1.807, 2.05) is 4.90 Å². The Morgan fingerprint density at radius 2 is 1.79 bits per heavy atom. The van der Waals surface area contributed by atoms with Crippen molar-refractivity contribution in [3.63, 3.8) is 0 Å². The van der Waals surface area contributed by atoms with E-state index in [-0.39, 0.29) is 23.8 Å². The number of hydrogen-bond donors (Lipinski definition) is 0. The van der Waals surface area contributed by atoms with E-state index in [1.54, 1.807) is 24.3 Å². The molecule has 0 unspecified atom stereocenters. The Labute approximate surface area is 170 Å². The van der Waals surface area contributed by atoms with Gasteiger partial charge in [0.25, 0.3) is 0 Å². The number of nitrogens with zero attached hydrogens (tertiary/aromatic N) is 6. The van der Waals surface area contributed by atoms with Crippen LogP contribution < -0.4 is 4.90 Å². The molecule has 2 aromatic heterocycles. The number of piperazine rings is 1. The van der Waals surface area contributed by atoms with Gasteiger partial charge >= 0.3 is 0 Å². The Morgan fingerprint density at radius 3 is 2.62 bits per heavy atom. The predicted molar refractivity (Wildman–Crippen MR) is 108 cm³/mol. The van der Waals surface area contributed by atoms with Gasteiger partial charge in [0, 0.05) is 31.6 Å². The summed E-state index contributed by atoms with van der Waals surface area (Å²) in [7, 11) is -3.70. The molecule has 148 valence electrons. The summed E-state index contributed by atoms with van der Waals surface area (Å²) in [6, 6.07) is 9.36. The Hall–Kier alpha value is -2.76. The van der Waals surface area contributed by atoms with Crippen molar-refractivity contribution in [1.82, 2.24) is 23.0 Å². The van der Waals surface area contributed by atoms with Gasteiger partial charge in [-0.3, -0.25) is 0 Å². The van der Waals surface area contributed by atoms with Crippen LogP contribution in [0.25, 0.3) is 21.9 Å². The molecule has 29 heavy (non-hydrogen) atoms. The Morgan fingerprint density at radius 1 is 0.966 bits per heavy atom. The molecule has 0 saturated carbocycles. The van der Waals surface area contributed by atoms with Crippen LogP contribution in [0.3, 0.4) is 0 Å². The van der Waals surface area contributed by atoms with E-state index in [4.69, 9.17) is 0 Å². The quantitative estimate of drug-likeness (QED) is 0.492. The van der Waals surface area contributed by atoms with Gasteiger partial charge in [-0.1, -0.05) is 6.07 Å². The fourth-order valence-electron chi connectivity index (χ4n) is 3.54. The zero-order valence-corrected chi connectivity index (χ0v) is 16.7. The fourth-order valence-corrected chi connectivity index (χ4v) is 5.71. The molecule has 1 aliphatic rings. The molecule has 2 aromatic carbocycles. The molecule has 1 fully saturated rings. The van der Waals surface area contributed by atoms with Crippen molar-refractivity contribution in [2.45, 2.75) is 4.90 Å². The smallest absolute Gasteiger partial charge is 0.245 e. The Kier molecular flexibility index (Phi) is 4.37. The van der Waals surface area contributed by atoms with Gasteiger partial charge < -0.3 is 4.90 Å². The monoisotopic (exact) mass is 430 g/mol. The molecule has 0 bridgehead atoms. The molecule has 3 heterocycles. The number of rotatable bonds is 3. The first-order valence-corrected chi connectivity index (χ1v) is 11.1. The summed E-state index contributed by atoms with van der Waals surface area (Å²) in [6.45, 7) is 1.45. The van der Waals surface area contributed by atoms with Gasteiger partial charge in [0.2, 0.25) is 10.0 Å². The lowest BCUT2D eigenvalue weighted by molar-refractivity contribution is 0.384. The van der Waals surface area contributed by atoms with Gasteiger partial charge in [-0.15, -0.1) is 0 Å². The molecule has 1 saturated heterocycles. The van der Waals surface area contributed by atoms with E-state index in [2.05, 4.69) is 18.7 Å². The highest BCUT2D eigenvalue weighted by atomic mass is 32.2. The van der Waals surface area contributed by atoms with Crippen LogP contribution in [0.5, 0.6) is 0 Å². The van der Waals surface area contributed by atoms with E-state index in [0.29, 0.717) is 40.8 Å². The summed E-state index contributed by atoms with van der Waals surface area (Å²) in [5.41, 5.74) is 1.62. The zero-order valence-electron chi connectivity index (χ0n) is 15.1. The number of sulfonamides is 1. The second-order valence-electron chi connectivity index (χ2n) is 6.64. The Bertz CT molecular complexity index is 1320. The van der Waals surface area contributed by atoms with E-state index in [0.717, 1.165) is 11.7 Å². The summed E-state index contributed by atoms with van der Waals surface area (Å²) in [5, 5.41) is 0.613. The van der Waals surface area contributed by atoms with Gasteiger partial charge in [-0.2, -0.15) is 13.1 Å². The van der Waals surface area contributed by atoms with Crippen molar-refractivity contribution >= 4 is 49.5 Å². The third-order valence-corrected chi connectivity index (χ3v) is 7.45. The topological polar surface area (TPSA) is 92.2 Å². The van der Waals surface area contributed by atoms with Crippen LogP contribution in [-0.2, 0) is 10.0 Å². The average molecular weight is 430 g/mol. The number of hydrogen-bond acceptors (Lipinski definition) is 8. The van der Waals surface area contributed by atoms with E-state index >= 15 is 0 Å². The molecule has 1 aliphatic heterocycles. The van der Waals surface area contributed by atoms with Crippen molar-refractivity contribution < 1.29 is 12.8 Å². The largest absolute Gasteiger partial charge is 0.353 e. The maximum absolute atomic E-state index is 13.7. The molecule has 0 radical (unpaired) electrons. The van der Waals surface area contributed by atoms with Crippen molar-refractivity contribution in [3.05, 3.63) is 48.5 Å². The molecule has 0 N–H and O–H groups in total. The maximum atomic E-state index is 13.7. The van der Waals surface area contributed by atoms with Crippen molar-refractivity contribution in [2.75, 3.05) is 31.1 Å². The number of aromatic nitrogens is 4. The van der Waals surface area contributed by atoms with E-state index in [9.17, 15) is 12.8 Å². The first-order chi connectivity index (χ1) is 14.0. The molecular weight excluding hydrogens is 415 g/mol. The minimum Gasteiger partial charge on any atom is -0.353 e.